The van der Waals surface area contributed by atoms with E-state index < -0.39 is 0 Å². The smallest absolute Gasteiger partial charge is 0.265 e. The number of carbonyl (C=O) groups is 2. The summed E-state index contributed by atoms with van der Waals surface area (Å²) in [4.78, 5) is 30.0. The van der Waals surface area contributed by atoms with E-state index in [4.69, 9.17) is 4.74 Å². The summed E-state index contributed by atoms with van der Waals surface area (Å²) >= 11 is 0. The second-order valence-corrected chi connectivity index (χ2v) is 5.28. The molecule has 0 spiro atoms. The Labute approximate surface area is 134 Å². The van der Waals surface area contributed by atoms with Crippen LogP contribution in [0.15, 0.2) is 48.7 Å². The molecule has 6 nitrogen and oxygen atoms in total. The van der Waals surface area contributed by atoms with Crippen molar-refractivity contribution < 1.29 is 14.3 Å². The molecule has 1 aliphatic rings. The highest BCUT2D eigenvalue weighted by molar-refractivity contribution is 6.02. The zero-order valence-electron chi connectivity index (χ0n) is 12.7. The minimum atomic E-state index is -0.242. The Kier molecular flexibility index (Phi) is 4.23. The number of hydrogen-bond acceptors (Lipinski definition) is 4. The van der Waals surface area contributed by atoms with Crippen LogP contribution in [0.4, 0.5) is 5.69 Å². The number of anilines is 1. The van der Waals surface area contributed by atoms with Gasteiger partial charge in [0.2, 0.25) is 5.91 Å². The molecule has 1 atom stereocenters. The molecule has 1 N–H and O–H groups in total. The molecule has 6 heteroatoms. The zero-order chi connectivity index (χ0) is 16.2. The summed E-state index contributed by atoms with van der Waals surface area (Å²) in [5.41, 5.74) is 1.39. The van der Waals surface area contributed by atoms with E-state index in [1.165, 1.54) is 4.90 Å². The maximum Gasteiger partial charge on any atom is 0.265 e. The largest absolute Gasteiger partial charge is 0.482 e. The number of hydrogen-bond donors (Lipinski definition) is 1. The van der Waals surface area contributed by atoms with Crippen LogP contribution in [0.1, 0.15) is 18.7 Å². The van der Waals surface area contributed by atoms with Crippen molar-refractivity contribution in [3.05, 3.63) is 54.4 Å². The zero-order valence-corrected chi connectivity index (χ0v) is 12.7. The highest BCUT2D eigenvalue weighted by atomic mass is 16.5. The van der Waals surface area contributed by atoms with Crippen molar-refractivity contribution in [2.24, 2.45) is 0 Å². The first-order valence-corrected chi connectivity index (χ1v) is 7.37. The van der Waals surface area contributed by atoms with E-state index >= 15 is 0 Å². The quantitative estimate of drug-likeness (QED) is 0.932. The third-order valence-corrected chi connectivity index (χ3v) is 3.62. The summed E-state index contributed by atoms with van der Waals surface area (Å²) in [6.07, 6.45) is 1.68. The van der Waals surface area contributed by atoms with Gasteiger partial charge in [-0.05, 0) is 31.2 Å². The first-order valence-electron chi connectivity index (χ1n) is 7.37. The number of benzene rings is 1. The number of ether oxygens (including phenoxy) is 1. The molecule has 0 fully saturated rings. The van der Waals surface area contributed by atoms with Gasteiger partial charge in [-0.25, -0.2) is 0 Å². The standard InChI is InChI=1S/C17H17N3O3/c1-12(13-6-4-5-9-18-13)19-16(21)10-20-14-7-2-3-8-15(14)23-11-17(20)22/h2-9,12H,10-11H2,1H3,(H,19,21)/t12-/m1/s1. The predicted octanol–water partition coefficient (Wildman–Crippen LogP) is 1.68. The topological polar surface area (TPSA) is 71.5 Å². The van der Waals surface area contributed by atoms with Gasteiger partial charge < -0.3 is 10.1 Å². The normalized spacial score (nSPS) is 14.7. The number of rotatable bonds is 4. The van der Waals surface area contributed by atoms with E-state index in [2.05, 4.69) is 10.3 Å². The molecule has 23 heavy (non-hydrogen) atoms. The second kappa shape index (κ2) is 6.48. The molecule has 0 unspecified atom stereocenters. The maximum atomic E-state index is 12.3. The van der Waals surface area contributed by atoms with Crippen molar-refractivity contribution in [3.63, 3.8) is 0 Å². The lowest BCUT2D eigenvalue weighted by atomic mass is 10.2. The molecule has 118 valence electrons. The highest BCUT2D eigenvalue weighted by Gasteiger charge is 2.27. The number of nitrogens with one attached hydrogen (secondary N) is 1. The van der Waals surface area contributed by atoms with Crippen LogP contribution in [0.3, 0.4) is 0 Å². The molecule has 0 bridgehead atoms. The van der Waals surface area contributed by atoms with Crippen molar-refractivity contribution in [2.75, 3.05) is 18.1 Å². The van der Waals surface area contributed by atoms with Crippen LogP contribution >= 0.6 is 0 Å². The summed E-state index contributed by atoms with van der Waals surface area (Å²) in [5, 5.41) is 2.86. The Morgan fingerprint density at radius 1 is 1.30 bits per heavy atom. The van der Waals surface area contributed by atoms with Crippen LogP contribution in [0, 0.1) is 0 Å². The summed E-state index contributed by atoms with van der Waals surface area (Å²) in [5.74, 6) is 0.134. The average Bonchev–Trinajstić information content (AvgIpc) is 2.58. The second-order valence-electron chi connectivity index (χ2n) is 5.28. The van der Waals surface area contributed by atoms with E-state index in [1.807, 2.05) is 37.3 Å². The third kappa shape index (κ3) is 3.31. The van der Waals surface area contributed by atoms with Crippen LogP contribution in [0.5, 0.6) is 5.75 Å². The van der Waals surface area contributed by atoms with Gasteiger partial charge in [-0.3, -0.25) is 19.5 Å². The fourth-order valence-electron chi connectivity index (χ4n) is 2.46. The number of para-hydroxylation sites is 2. The van der Waals surface area contributed by atoms with Gasteiger partial charge in [0.25, 0.3) is 5.91 Å². The Balaban J connectivity index is 1.69. The number of aromatic nitrogens is 1. The summed E-state index contributed by atoms with van der Waals surface area (Å²) in [6, 6.07) is 12.5. The molecule has 0 saturated heterocycles. The molecule has 0 aliphatic carbocycles. The van der Waals surface area contributed by atoms with Gasteiger partial charge >= 0.3 is 0 Å². The van der Waals surface area contributed by atoms with Crippen molar-refractivity contribution in [2.45, 2.75) is 13.0 Å². The molecular weight excluding hydrogens is 294 g/mol. The number of fused-ring (bicyclic) bond motifs is 1. The van der Waals surface area contributed by atoms with E-state index in [9.17, 15) is 9.59 Å². The lowest BCUT2D eigenvalue weighted by molar-refractivity contribution is -0.125. The lowest BCUT2D eigenvalue weighted by Gasteiger charge is -2.29. The summed E-state index contributed by atoms with van der Waals surface area (Å²) in [7, 11) is 0. The molecule has 2 aromatic rings. The fraction of sp³-hybridized carbons (Fsp3) is 0.235. The predicted molar refractivity (Wildman–Crippen MR) is 85.1 cm³/mol. The Morgan fingerprint density at radius 3 is 2.87 bits per heavy atom. The minimum absolute atomic E-state index is 0.0453. The molecule has 2 amide bonds. The van der Waals surface area contributed by atoms with E-state index in [0.29, 0.717) is 11.4 Å². The van der Waals surface area contributed by atoms with Crippen LogP contribution in [-0.4, -0.2) is 29.9 Å². The number of nitrogens with zero attached hydrogens (tertiary/aromatic N) is 2. The first kappa shape index (κ1) is 15.0. The van der Waals surface area contributed by atoms with E-state index in [1.54, 1.807) is 18.3 Å². The number of pyridine rings is 1. The Bertz CT molecular complexity index is 718. The van der Waals surface area contributed by atoms with Crippen molar-refractivity contribution in [1.82, 2.24) is 10.3 Å². The van der Waals surface area contributed by atoms with Crippen molar-refractivity contribution in [1.29, 1.82) is 0 Å². The van der Waals surface area contributed by atoms with Gasteiger partial charge in [-0.2, -0.15) is 0 Å². The van der Waals surface area contributed by atoms with Gasteiger partial charge in [-0.15, -0.1) is 0 Å². The molecule has 0 saturated carbocycles. The van der Waals surface area contributed by atoms with Gasteiger partial charge in [0, 0.05) is 6.20 Å². The van der Waals surface area contributed by atoms with Crippen LogP contribution in [-0.2, 0) is 9.59 Å². The minimum Gasteiger partial charge on any atom is -0.482 e. The SMILES string of the molecule is C[C@@H](NC(=O)CN1C(=O)COc2ccccc21)c1ccccn1. The fourth-order valence-corrected chi connectivity index (χ4v) is 2.46. The number of amides is 2. The maximum absolute atomic E-state index is 12.3. The van der Waals surface area contributed by atoms with E-state index in [-0.39, 0.29) is 31.0 Å². The first-order chi connectivity index (χ1) is 11.1. The summed E-state index contributed by atoms with van der Waals surface area (Å²) < 4.78 is 5.37. The van der Waals surface area contributed by atoms with Crippen molar-refractivity contribution >= 4 is 17.5 Å². The molecular formula is C17H17N3O3. The molecule has 2 heterocycles. The molecule has 3 rings (SSSR count). The Hall–Kier alpha value is -2.89. The molecule has 1 aliphatic heterocycles. The molecule has 1 aromatic heterocycles. The number of carbonyl (C=O) groups excluding carboxylic acids is 2. The van der Waals surface area contributed by atoms with Gasteiger partial charge in [0.1, 0.15) is 12.3 Å². The lowest BCUT2D eigenvalue weighted by Crippen LogP contribution is -2.45. The van der Waals surface area contributed by atoms with Crippen LogP contribution in [0.25, 0.3) is 0 Å². The van der Waals surface area contributed by atoms with Gasteiger partial charge in [-0.1, -0.05) is 18.2 Å². The van der Waals surface area contributed by atoms with Gasteiger partial charge in [0.05, 0.1) is 17.4 Å². The summed E-state index contributed by atoms with van der Waals surface area (Å²) in [6.45, 7) is 1.76. The third-order valence-electron chi connectivity index (χ3n) is 3.62. The van der Waals surface area contributed by atoms with Crippen LogP contribution in [0.2, 0.25) is 0 Å². The molecule has 1 aromatic carbocycles. The van der Waals surface area contributed by atoms with E-state index in [0.717, 1.165) is 5.69 Å². The average molecular weight is 311 g/mol. The highest BCUT2D eigenvalue weighted by Crippen LogP contribution is 2.31. The van der Waals surface area contributed by atoms with Crippen molar-refractivity contribution in [3.8, 4) is 5.75 Å². The molecule has 0 radical (unpaired) electrons. The van der Waals surface area contributed by atoms with Gasteiger partial charge in [0.15, 0.2) is 6.61 Å². The van der Waals surface area contributed by atoms with Crippen LogP contribution < -0.4 is 15.0 Å². The Morgan fingerprint density at radius 2 is 2.09 bits per heavy atom. The monoisotopic (exact) mass is 311 g/mol.